The SMILES string of the molecule is CCCCS(=O)(=O)[N-][C@@H]1CCCC[C@H]1[N-]S(=O)(=O)CCCC.[Cl][Ti][Cl]. The number of unbranched alkanes of at least 4 members (excludes halogenated alkanes) is 2. The van der Waals surface area contributed by atoms with Crippen molar-refractivity contribution in [3.05, 3.63) is 9.44 Å². The Morgan fingerprint density at radius 1 is 0.840 bits per heavy atom. The van der Waals surface area contributed by atoms with Gasteiger partial charge in [-0.2, -0.15) is 0 Å². The summed E-state index contributed by atoms with van der Waals surface area (Å²) in [4.78, 5) is 0. The van der Waals surface area contributed by atoms with Crippen molar-refractivity contribution in [2.45, 2.75) is 77.3 Å². The molecule has 0 aromatic rings. The maximum atomic E-state index is 12.0. The first-order valence-electron chi connectivity index (χ1n) is 8.57. The maximum absolute atomic E-state index is 12.0. The first-order valence-corrected chi connectivity index (χ1v) is 16.1. The van der Waals surface area contributed by atoms with Gasteiger partial charge in [0.15, 0.2) is 0 Å². The average Bonchev–Trinajstić information content (AvgIpc) is 2.53. The third kappa shape index (κ3) is 13.0. The van der Waals surface area contributed by atoms with Gasteiger partial charge in [-0.25, -0.2) is 16.8 Å². The summed E-state index contributed by atoms with van der Waals surface area (Å²) in [7, 11) is 2.82. The fourth-order valence-corrected chi connectivity index (χ4v) is 5.34. The molecule has 1 fully saturated rings. The van der Waals surface area contributed by atoms with Gasteiger partial charge in [0, 0.05) is 11.5 Å². The van der Waals surface area contributed by atoms with Crippen molar-refractivity contribution < 1.29 is 33.9 Å². The summed E-state index contributed by atoms with van der Waals surface area (Å²) in [5.74, 6) is 0.0740. The summed E-state index contributed by atoms with van der Waals surface area (Å²) < 4.78 is 55.9. The Morgan fingerprint density at radius 2 is 1.16 bits per heavy atom. The van der Waals surface area contributed by atoms with E-state index in [-0.39, 0.29) is 11.5 Å². The molecule has 1 saturated carbocycles. The molecule has 11 heteroatoms. The van der Waals surface area contributed by atoms with Crippen LogP contribution in [-0.4, -0.2) is 40.4 Å². The van der Waals surface area contributed by atoms with E-state index < -0.39 is 49.2 Å². The van der Waals surface area contributed by atoms with Gasteiger partial charge in [0.25, 0.3) is 0 Å². The van der Waals surface area contributed by atoms with Crippen molar-refractivity contribution in [3.8, 4) is 0 Å². The van der Waals surface area contributed by atoms with Crippen LogP contribution in [0, 0.1) is 0 Å². The van der Waals surface area contributed by atoms with Crippen molar-refractivity contribution >= 4 is 38.7 Å². The van der Waals surface area contributed by atoms with Crippen LogP contribution in [0.4, 0.5) is 0 Å². The number of nitrogens with zero attached hydrogens (tertiary/aromatic N) is 2. The molecule has 0 amide bonds. The number of rotatable bonds is 10. The van der Waals surface area contributed by atoms with Gasteiger partial charge in [0.05, 0.1) is 20.0 Å². The Morgan fingerprint density at radius 3 is 1.44 bits per heavy atom. The minimum absolute atomic E-state index is 0.0370. The Kier molecular flexibility index (Phi) is 14.8. The van der Waals surface area contributed by atoms with Crippen molar-refractivity contribution in [3.63, 3.8) is 0 Å². The Labute approximate surface area is 170 Å². The molecule has 6 nitrogen and oxygen atoms in total. The van der Waals surface area contributed by atoms with Gasteiger partial charge in [-0.3, -0.25) is 0 Å². The van der Waals surface area contributed by atoms with E-state index >= 15 is 0 Å². The number of halogens is 2. The predicted octanol–water partition coefficient (Wildman–Crippen LogP) is 4.68. The summed E-state index contributed by atoms with van der Waals surface area (Å²) in [6.07, 6.45) is 5.68. The molecule has 0 saturated heterocycles. The first kappa shape index (κ1) is 26.1. The van der Waals surface area contributed by atoms with Crippen LogP contribution in [0.5, 0.6) is 0 Å². The van der Waals surface area contributed by atoms with Crippen molar-refractivity contribution in [2.75, 3.05) is 11.5 Å². The van der Waals surface area contributed by atoms with Gasteiger partial charge in [-0.1, -0.05) is 52.4 Å². The third-order valence-electron chi connectivity index (χ3n) is 3.80. The molecular formula is C14H28Cl2N2O4S2Ti-2. The van der Waals surface area contributed by atoms with E-state index in [1.165, 1.54) is 0 Å². The second-order valence-electron chi connectivity index (χ2n) is 5.98. The third-order valence-corrected chi connectivity index (χ3v) is 6.59. The zero-order valence-corrected chi connectivity index (χ0v) is 19.5. The van der Waals surface area contributed by atoms with Crippen molar-refractivity contribution in [2.24, 2.45) is 0 Å². The molecule has 0 aromatic heterocycles. The molecular weight excluding hydrogens is 443 g/mol. The molecule has 150 valence electrons. The summed E-state index contributed by atoms with van der Waals surface area (Å²) in [5.41, 5.74) is 0. The molecule has 0 N–H and O–H groups in total. The normalized spacial score (nSPS) is 21.3. The van der Waals surface area contributed by atoms with Gasteiger partial charge < -0.3 is 9.44 Å². The molecule has 0 bridgehead atoms. The van der Waals surface area contributed by atoms with Crippen LogP contribution in [0.1, 0.15) is 65.2 Å². The van der Waals surface area contributed by atoms with Crippen LogP contribution in [0.3, 0.4) is 0 Å². The van der Waals surface area contributed by atoms with E-state index in [2.05, 4.69) is 9.44 Å². The van der Waals surface area contributed by atoms with Crippen LogP contribution >= 0.6 is 18.6 Å². The summed E-state index contributed by atoms with van der Waals surface area (Å²) in [6, 6.07) is -1.01. The van der Waals surface area contributed by atoms with E-state index in [0.717, 1.165) is 25.7 Å². The second kappa shape index (κ2) is 14.2. The first-order chi connectivity index (χ1) is 11.7. The van der Waals surface area contributed by atoms with E-state index in [0.29, 0.717) is 25.7 Å². The molecule has 2 atom stereocenters. The number of sulfonamides is 2. The summed E-state index contributed by atoms with van der Waals surface area (Å²) >= 11 is -0.556. The predicted molar refractivity (Wildman–Crippen MR) is 102 cm³/mol. The monoisotopic (exact) mass is 470 g/mol. The van der Waals surface area contributed by atoms with Crippen molar-refractivity contribution in [1.82, 2.24) is 0 Å². The Hall–Kier alpha value is 1.11. The van der Waals surface area contributed by atoms with Crippen LogP contribution in [-0.2, 0) is 37.1 Å². The molecule has 1 aliphatic carbocycles. The molecule has 1 aliphatic rings. The second-order valence-corrected chi connectivity index (χ2v) is 12.1. The topological polar surface area (TPSA) is 96.5 Å². The van der Waals surface area contributed by atoms with E-state index in [1.54, 1.807) is 0 Å². The molecule has 0 unspecified atom stereocenters. The Balaban J connectivity index is 0.00000178. The van der Waals surface area contributed by atoms with Crippen molar-refractivity contribution in [1.29, 1.82) is 0 Å². The van der Waals surface area contributed by atoms with Gasteiger partial charge in [0.1, 0.15) is 0 Å². The fraction of sp³-hybridized carbons (Fsp3) is 1.00. The van der Waals surface area contributed by atoms with Crippen LogP contribution in [0.25, 0.3) is 9.44 Å². The van der Waals surface area contributed by atoms with Gasteiger partial charge in [-0.05, 0) is 12.8 Å². The molecule has 0 radical (unpaired) electrons. The summed E-state index contributed by atoms with van der Waals surface area (Å²) in [5, 5.41) is 0. The molecule has 0 aromatic carbocycles. The summed E-state index contributed by atoms with van der Waals surface area (Å²) in [6.45, 7) is 3.85. The Bertz CT molecular complexity index is 499. The molecule has 25 heavy (non-hydrogen) atoms. The average molecular weight is 471 g/mol. The quantitative estimate of drug-likeness (QED) is 0.432. The van der Waals surface area contributed by atoms with Gasteiger partial charge in [0.2, 0.25) is 0 Å². The zero-order valence-electron chi connectivity index (χ0n) is 14.8. The number of hydrogen-bond acceptors (Lipinski definition) is 4. The van der Waals surface area contributed by atoms with Crippen LogP contribution in [0.2, 0.25) is 0 Å². The van der Waals surface area contributed by atoms with Gasteiger partial charge in [-0.15, -0.1) is 12.1 Å². The molecule has 0 spiro atoms. The fourth-order valence-electron chi connectivity index (χ4n) is 2.51. The standard InChI is InChI=1S/C14H28N2O4S2.2ClH.Ti/c1-3-5-11-21(17,18)15-13-9-7-8-10-14(13)16-22(19,20)12-6-4-2;;;/h13-14H,3-12H2,1-2H3;2*1H;/q-2;;;+2/p-2/t13-,14-;;;/m1.../s1. The molecule has 1 rings (SSSR count). The minimum atomic E-state index is -3.48. The number of hydrogen-bond donors (Lipinski definition) is 0. The van der Waals surface area contributed by atoms with E-state index in [1.807, 2.05) is 13.8 Å². The molecule has 0 heterocycles. The van der Waals surface area contributed by atoms with Crippen LogP contribution < -0.4 is 0 Å². The van der Waals surface area contributed by atoms with E-state index in [4.69, 9.17) is 18.6 Å². The molecule has 0 aliphatic heterocycles. The van der Waals surface area contributed by atoms with Crippen LogP contribution in [0.15, 0.2) is 0 Å². The zero-order chi connectivity index (χ0) is 19.3. The van der Waals surface area contributed by atoms with Gasteiger partial charge >= 0.3 is 35.6 Å². The van der Waals surface area contributed by atoms with E-state index in [9.17, 15) is 16.8 Å².